The molecule has 1 amide bonds. The molecule has 0 fully saturated rings. The molecule has 0 radical (unpaired) electrons. The summed E-state index contributed by atoms with van der Waals surface area (Å²) in [5, 5.41) is 6.74. The molecule has 0 aliphatic rings. The molecule has 0 spiro atoms. The first-order valence-electron chi connectivity index (χ1n) is 7.67. The van der Waals surface area contributed by atoms with E-state index < -0.39 is 5.97 Å². The van der Waals surface area contributed by atoms with Crippen LogP contribution in [0.15, 0.2) is 6.20 Å². The van der Waals surface area contributed by atoms with Gasteiger partial charge >= 0.3 is 5.97 Å². The van der Waals surface area contributed by atoms with Crippen LogP contribution in [0.1, 0.15) is 43.5 Å². The van der Waals surface area contributed by atoms with E-state index in [0.29, 0.717) is 18.8 Å². The first kappa shape index (κ1) is 18.2. The van der Waals surface area contributed by atoms with Crippen LogP contribution >= 0.6 is 0 Å². The molecule has 0 saturated carbocycles. The lowest BCUT2D eigenvalue weighted by Gasteiger charge is -2.15. The van der Waals surface area contributed by atoms with Gasteiger partial charge in [-0.2, -0.15) is 5.10 Å². The van der Waals surface area contributed by atoms with Gasteiger partial charge in [-0.25, -0.2) is 4.79 Å². The molecule has 0 unspecified atom stereocenters. The summed E-state index contributed by atoms with van der Waals surface area (Å²) in [5.74, 6) is -0.247. The first-order chi connectivity index (χ1) is 10.5. The van der Waals surface area contributed by atoms with Gasteiger partial charge in [0.1, 0.15) is 11.4 Å². The number of hydrogen-bond acceptors (Lipinski definition) is 5. The van der Waals surface area contributed by atoms with Crippen molar-refractivity contribution in [2.24, 2.45) is 7.05 Å². The Morgan fingerprint density at radius 1 is 1.36 bits per heavy atom. The van der Waals surface area contributed by atoms with Crippen LogP contribution in [0, 0.1) is 0 Å². The number of aromatic nitrogens is 2. The van der Waals surface area contributed by atoms with Crippen molar-refractivity contribution in [3.8, 4) is 0 Å². The Bertz CT molecular complexity index is 499. The van der Waals surface area contributed by atoms with E-state index in [2.05, 4.69) is 22.2 Å². The number of rotatable bonds is 9. The molecule has 0 atom stereocenters. The van der Waals surface area contributed by atoms with Crippen LogP contribution < -0.4 is 5.32 Å². The number of ether oxygens (including phenoxy) is 1. The van der Waals surface area contributed by atoms with Crippen molar-refractivity contribution in [3.63, 3.8) is 0 Å². The molecule has 1 aromatic heterocycles. The van der Waals surface area contributed by atoms with Gasteiger partial charge < -0.3 is 15.0 Å². The third-order valence-corrected chi connectivity index (χ3v) is 3.31. The summed E-state index contributed by atoms with van der Waals surface area (Å²) in [5.41, 5.74) is 0.275. The predicted octanol–water partition coefficient (Wildman–Crippen LogP) is 1.66. The molecule has 124 valence electrons. The van der Waals surface area contributed by atoms with Crippen LogP contribution in [-0.2, 0) is 16.6 Å². The van der Waals surface area contributed by atoms with Gasteiger partial charge in [-0.3, -0.25) is 9.48 Å². The molecule has 1 heterocycles. The van der Waals surface area contributed by atoms with Crippen LogP contribution in [0.3, 0.4) is 0 Å². The highest BCUT2D eigenvalue weighted by molar-refractivity contribution is 6.00. The van der Waals surface area contributed by atoms with Crippen LogP contribution in [0.4, 0.5) is 5.82 Å². The summed E-state index contributed by atoms with van der Waals surface area (Å²) < 4.78 is 6.42. The second-order valence-corrected chi connectivity index (χ2v) is 5.21. The highest BCUT2D eigenvalue weighted by Gasteiger charge is 2.19. The number of carbonyl (C=O) groups is 2. The fraction of sp³-hybridized carbons (Fsp3) is 0.667. The van der Waals surface area contributed by atoms with Gasteiger partial charge in [-0.05, 0) is 26.9 Å². The molecule has 7 nitrogen and oxygen atoms in total. The maximum atomic E-state index is 12.0. The summed E-state index contributed by atoms with van der Waals surface area (Å²) in [6, 6.07) is 0. The number of unbranched alkanes of at least 4 members (excludes halogenated alkanes) is 1. The van der Waals surface area contributed by atoms with E-state index in [0.717, 1.165) is 19.4 Å². The van der Waals surface area contributed by atoms with Crippen LogP contribution in [-0.4, -0.2) is 53.3 Å². The number of nitrogens with one attached hydrogen (secondary N) is 1. The van der Waals surface area contributed by atoms with E-state index in [-0.39, 0.29) is 18.1 Å². The van der Waals surface area contributed by atoms with E-state index in [9.17, 15) is 9.59 Å². The van der Waals surface area contributed by atoms with Crippen molar-refractivity contribution in [2.75, 3.05) is 32.1 Å². The van der Waals surface area contributed by atoms with Crippen molar-refractivity contribution in [2.45, 2.75) is 33.1 Å². The number of anilines is 1. The summed E-state index contributed by atoms with van der Waals surface area (Å²) >= 11 is 0. The number of nitrogens with zero attached hydrogens (tertiary/aromatic N) is 3. The third-order valence-electron chi connectivity index (χ3n) is 3.31. The van der Waals surface area contributed by atoms with Gasteiger partial charge in [0.05, 0.1) is 12.8 Å². The van der Waals surface area contributed by atoms with E-state index in [4.69, 9.17) is 4.74 Å². The summed E-state index contributed by atoms with van der Waals surface area (Å²) in [6.45, 7) is 5.81. The molecule has 0 aliphatic heterocycles. The molecule has 1 N–H and O–H groups in total. The van der Waals surface area contributed by atoms with Crippen LogP contribution in [0.2, 0.25) is 0 Å². The number of hydrogen-bond donors (Lipinski definition) is 1. The van der Waals surface area contributed by atoms with Gasteiger partial charge in [0.25, 0.3) is 0 Å². The SMILES string of the molecule is CCCCN(C)CCC(=O)Nc1c(C(=O)OCC)cnn1C. The molecule has 0 aromatic carbocycles. The van der Waals surface area contributed by atoms with Crippen LogP contribution in [0.25, 0.3) is 0 Å². The number of amides is 1. The zero-order valence-electron chi connectivity index (χ0n) is 13.9. The number of carbonyl (C=O) groups excluding carboxylic acids is 2. The molecular formula is C15H26N4O3. The predicted molar refractivity (Wildman–Crippen MR) is 84.8 cm³/mol. The Morgan fingerprint density at radius 2 is 2.09 bits per heavy atom. The second kappa shape index (κ2) is 9.19. The van der Waals surface area contributed by atoms with Gasteiger partial charge in [-0.1, -0.05) is 13.3 Å². The lowest BCUT2D eigenvalue weighted by Crippen LogP contribution is -2.26. The Hall–Kier alpha value is -1.89. The Balaban J connectivity index is 2.57. The first-order valence-corrected chi connectivity index (χ1v) is 7.67. The molecule has 0 saturated heterocycles. The van der Waals surface area contributed by atoms with Crippen molar-refractivity contribution in [1.82, 2.24) is 14.7 Å². The fourth-order valence-electron chi connectivity index (χ4n) is 1.97. The van der Waals surface area contributed by atoms with E-state index in [1.165, 1.54) is 10.9 Å². The lowest BCUT2D eigenvalue weighted by atomic mass is 10.3. The molecule has 7 heteroatoms. The monoisotopic (exact) mass is 310 g/mol. The van der Waals surface area contributed by atoms with Gasteiger partial charge in [-0.15, -0.1) is 0 Å². The van der Waals surface area contributed by atoms with Crippen LogP contribution in [0.5, 0.6) is 0 Å². The minimum absolute atomic E-state index is 0.141. The van der Waals surface area contributed by atoms with E-state index in [1.807, 2.05) is 7.05 Å². The number of esters is 1. The highest BCUT2D eigenvalue weighted by Crippen LogP contribution is 2.15. The average molecular weight is 310 g/mol. The molecule has 0 bridgehead atoms. The smallest absolute Gasteiger partial charge is 0.343 e. The summed E-state index contributed by atoms with van der Waals surface area (Å²) in [4.78, 5) is 26.0. The topological polar surface area (TPSA) is 76.5 Å². The van der Waals surface area contributed by atoms with E-state index in [1.54, 1.807) is 14.0 Å². The molecule has 1 rings (SSSR count). The molecule has 0 aliphatic carbocycles. The van der Waals surface area contributed by atoms with Crippen molar-refractivity contribution < 1.29 is 14.3 Å². The second-order valence-electron chi connectivity index (χ2n) is 5.21. The standard InChI is InChI=1S/C15H26N4O3/c1-5-7-9-18(3)10-8-13(20)17-14-12(11-16-19(14)4)15(21)22-6-2/h11H,5-10H2,1-4H3,(H,17,20). The zero-order valence-corrected chi connectivity index (χ0v) is 13.9. The maximum absolute atomic E-state index is 12.0. The lowest BCUT2D eigenvalue weighted by molar-refractivity contribution is -0.116. The van der Waals surface area contributed by atoms with Crippen molar-refractivity contribution in [3.05, 3.63) is 11.8 Å². The van der Waals surface area contributed by atoms with Crippen molar-refractivity contribution in [1.29, 1.82) is 0 Å². The average Bonchev–Trinajstić information content (AvgIpc) is 2.84. The normalized spacial score (nSPS) is 10.8. The minimum atomic E-state index is -0.481. The zero-order chi connectivity index (χ0) is 16.5. The fourth-order valence-corrected chi connectivity index (χ4v) is 1.97. The van der Waals surface area contributed by atoms with Crippen molar-refractivity contribution >= 4 is 17.7 Å². The molecule has 1 aromatic rings. The molecule has 22 heavy (non-hydrogen) atoms. The minimum Gasteiger partial charge on any atom is -0.462 e. The third kappa shape index (κ3) is 5.48. The quantitative estimate of drug-likeness (QED) is 0.702. The summed E-state index contributed by atoms with van der Waals surface area (Å²) in [7, 11) is 3.67. The Labute approximate surface area is 131 Å². The number of aryl methyl sites for hydroxylation is 1. The van der Waals surface area contributed by atoms with Gasteiger partial charge in [0.15, 0.2) is 0 Å². The van der Waals surface area contributed by atoms with E-state index >= 15 is 0 Å². The summed E-state index contributed by atoms with van der Waals surface area (Å²) in [6.07, 6.45) is 4.02. The molecular weight excluding hydrogens is 284 g/mol. The highest BCUT2D eigenvalue weighted by atomic mass is 16.5. The Morgan fingerprint density at radius 3 is 2.73 bits per heavy atom. The van der Waals surface area contributed by atoms with Gasteiger partial charge in [0.2, 0.25) is 5.91 Å². The largest absolute Gasteiger partial charge is 0.462 e. The van der Waals surface area contributed by atoms with Gasteiger partial charge in [0, 0.05) is 20.0 Å². The maximum Gasteiger partial charge on any atom is 0.343 e. The Kier molecular flexibility index (Phi) is 7.59.